The van der Waals surface area contributed by atoms with Crippen molar-refractivity contribution in [3.05, 3.63) is 21.4 Å². The van der Waals surface area contributed by atoms with Gasteiger partial charge in [-0.3, -0.25) is 4.90 Å². The molecule has 1 fully saturated rings. The average molecular weight is 268 g/mol. The van der Waals surface area contributed by atoms with E-state index in [-0.39, 0.29) is 0 Å². The molecule has 1 aromatic rings. The number of rotatable bonds is 7. The minimum Gasteiger partial charge on any atom is -0.383 e. The van der Waals surface area contributed by atoms with Gasteiger partial charge in [0.25, 0.3) is 0 Å². The van der Waals surface area contributed by atoms with Gasteiger partial charge in [0.15, 0.2) is 0 Å². The van der Waals surface area contributed by atoms with Gasteiger partial charge in [-0.2, -0.15) is 0 Å². The third-order valence-corrected chi connectivity index (χ3v) is 4.61. The summed E-state index contributed by atoms with van der Waals surface area (Å²) in [5.41, 5.74) is 7.46. The standard InChI is InChI=1S/C14H24N2OS/c1-10-8-13(11(2)18-10)14(9-15)16(6-7-17-3)12-4-5-12/h8,12,14H,4-7,9,15H2,1-3H3. The van der Waals surface area contributed by atoms with Crippen LogP contribution in [0.15, 0.2) is 6.07 Å². The molecule has 3 nitrogen and oxygen atoms in total. The van der Waals surface area contributed by atoms with E-state index >= 15 is 0 Å². The van der Waals surface area contributed by atoms with Crippen molar-refractivity contribution in [2.24, 2.45) is 5.73 Å². The molecule has 0 aliphatic heterocycles. The minimum atomic E-state index is 0.359. The van der Waals surface area contributed by atoms with Crippen LogP contribution in [-0.4, -0.2) is 37.7 Å². The summed E-state index contributed by atoms with van der Waals surface area (Å²) in [6, 6.07) is 3.38. The quantitative estimate of drug-likeness (QED) is 0.825. The zero-order valence-electron chi connectivity index (χ0n) is 11.6. The fraction of sp³-hybridized carbons (Fsp3) is 0.714. The molecule has 1 unspecified atom stereocenters. The largest absolute Gasteiger partial charge is 0.383 e. The molecule has 2 N–H and O–H groups in total. The second-order valence-electron chi connectivity index (χ2n) is 5.08. The lowest BCUT2D eigenvalue weighted by Gasteiger charge is -2.31. The van der Waals surface area contributed by atoms with Crippen molar-refractivity contribution in [3.63, 3.8) is 0 Å². The van der Waals surface area contributed by atoms with E-state index in [1.807, 2.05) is 11.3 Å². The Kier molecular flexibility index (Phi) is 4.78. The normalized spacial score (nSPS) is 17.4. The second-order valence-corrected chi connectivity index (χ2v) is 6.54. The van der Waals surface area contributed by atoms with Gasteiger partial charge in [0.1, 0.15) is 0 Å². The van der Waals surface area contributed by atoms with E-state index in [1.165, 1.54) is 28.2 Å². The number of methoxy groups -OCH3 is 1. The predicted molar refractivity (Wildman–Crippen MR) is 77.2 cm³/mol. The molecule has 0 aromatic carbocycles. The molecule has 0 bridgehead atoms. The van der Waals surface area contributed by atoms with Crippen LogP contribution < -0.4 is 5.73 Å². The van der Waals surface area contributed by atoms with Crippen LogP contribution in [0.2, 0.25) is 0 Å². The first-order valence-corrected chi connectivity index (χ1v) is 7.50. The predicted octanol–water partition coefficient (Wildman–Crippen LogP) is 2.48. The molecular formula is C14H24N2OS. The minimum absolute atomic E-state index is 0.359. The van der Waals surface area contributed by atoms with Gasteiger partial charge in [0, 0.05) is 42.0 Å². The summed E-state index contributed by atoms with van der Waals surface area (Å²) in [5.74, 6) is 0. The Balaban J connectivity index is 2.16. The Morgan fingerprint density at radius 3 is 2.67 bits per heavy atom. The maximum atomic E-state index is 6.04. The lowest BCUT2D eigenvalue weighted by atomic mass is 10.1. The topological polar surface area (TPSA) is 38.5 Å². The number of nitrogens with two attached hydrogens (primary N) is 1. The van der Waals surface area contributed by atoms with E-state index in [9.17, 15) is 0 Å². The molecule has 1 aromatic heterocycles. The smallest absolute Gasteiger partial charge is 0.0590 e. The summed E-state index contributed by atoms with van der Waals surface area (Å²) < 4.78 is 5.24. The summed E-state index contributed by atoms with van der Waals surface area (Å²) >= 11 is 1.87. The molecule has 1 saturated carbocycles. The van der Waals surface area contributed by atoms with Crippen LogP contribution in [0.25, 0.3) is 0 Å². The highest BCUT2D eigenvalue weighted by molar-refractivity contribution is 7.12. The van der Waals surface area contributed by atoms with Crippen LogP contribution in [0, 0.1) is 13.8 Å². The van der Waals surface area contributed by atoms with E-state index in [0.29, 0.717) is 18.6 Å². The molecular weight excluding hydrogens is 244 g/mol. The highest BCUT2D eigenvalue weighted by Crippen LogP contribution is 2.36. The highest BCUT2D eigenvalue weighted by atomic mass is 32.1. The Labute approximate surface area is 114 Å². The molecule has 1 heterocycles. The third-order valence-electron chi connectivity index (χ3n) is 3.63. The summed E-state index contributed by atoms with van der Waals surface area (Å²) in [6.07, 6.45) is 2.62. The average Bonchev–Trinajstić information content (AvgIpc) is 3.11. The van der Waals surface area contributed by atoms with E-state index in [1.54, 1.807) is 7.11 Å². The third kappa shape index (κ3) is 3.12. The Bertz CT molecular complexity index is 387. The molecule has 1 atom stereocenters. The Morgan fingerprint density at radius 1 is 1.50 bits per heavy atom. The maximum absolute atomic E-state index is 6.04. The first-order chi connectivity index (χ1) is 8.67. The molecule has 18 heavy (non-hydrogen) atoms. The van der Waals surface area contributed by atoms with Gasteiger partial charge < -0.3 is 10.5 Å². The Morgan fingerprint density at radius 2 is 2.22 bits per heavy atom. The van der Waals surface area contributed by atoms with Crippen LogP contribution in [0.3, 0.4) is 0 Å². The molecule has 0 saturated heterocycles. The van der Waals surface area contributed by atoms with Gasteiger partial charge in [-0.05, 0) is 38.3 Å². The van der Waals surface area contributed by atoms with Crippen molar-refractivity contribution in [1.82, 2.24) is 4.90 Å². The van der Waals surface area contributed by atoms with Crippen molar-refractivity contribution in [1.29, 1.82) is 0 Å². The zero-order chi connectivity index (χ0) is 13.1. The first-order valence-electron chi connectivity index (χ1n) is 6.69. The highest BCUT2D eigenvalue weighted by Gasteiger charge is 2.34. The van der Waals surface area contributed by atoms with Crippen LogP contribution in [0.4, 0.5) is 0 Å². The van der Waals surface area contributed by atoms with Gasteiger partial charge in [0.05, 0.1) is 6.61 Å². The van der Waals surface area contributed by atoms with Crippen LogP contribution in [0.1, 0.15) is 34.2 Å². The van der Waals surface area contributed by atoms with Crippen molar-refractivity contribution in [2.75, 3.05) is 26.8 Å². The van der Waals surface area contributed by atoms with Crippen LogP contribution >= 0.6 is 11.3 Å². The molecule has 0 radical (unpaired) electrons. The van der Waals surface area contributed by atoms with E-state index in [0.717, 1.165) is 13.2 Å². The number of nitrogens with zero attached hydrogens (tertiary/aromatic N) is 1. The number of ether oxygens (including phenoxy) is 1. The first kappa shape index (κ1) is 14.0. The molecule has 4 heteroatoms. The molecule has 0 amide bonds. The molecule has 0 spiro atoms. The molecule has 1 aliphatic carbocycles. The van der Waals surface area contributed by atoms with Gasteiger partial charge in [-0.25, -0.2) is 0 Å². The van der Waals surface area contributed by atoms with Crippen LogP contribution in [0.5, 0.6) is 0 Å². The monoisotopic (exact) mass is 268 g/mol. The van der Waals surface area contributed by atoms with Gasteiger partial charge in [-0.1, -0.05) is 0 Å². The van der Waals surface area contributed by atoms with E-state index in [4.69, 9.17) is 10.5 Å². The van der Waals surface area contributed by atoms with Crippen molar-refractivity contribution >= 4 is 11.3 Å². The van der Waals surface area contributed by atoms with Crippen molar-refractivity contribution in [2.45, 2.75) is 38.8 Å². The van der Waals surface area contributed by atoms with Crippen molar-refractivity contribution < 1.29 is 4.74 Å². The summed E-state index contributed by atoms with van der Waals surface area (Å²) in [6.45, 7) is 6.84. The summed E-state index contributed by atoms with van der Waals surface area (Å²) in [5, 5.41) is 0. The van der Waals surface area contributed by atoms with E-state index < -0.39 is 0 Å². The van der Waals surface area contributed by atoms with Crippen LogP contribution in [-0.2, 0) is 4.74 Å². The number of thiophene rings is 1. The number of hydrogen-bond acceptors (Lipinski definition) is 4. The lowest BCUT2D eigenvalue weighted by Crippen LogP contribution is -2.37. The van der Waals surface area contributed by atoms with Gasteiger partial charge >= 0.3 is 0 Å². The second kappa shape index (κ2) is 6.15. The number of aryl methyl sites for hydroxylation is 2. The molecule has 102 valence electrons. The zero-order valence-corrected chi connectivity index (χ0v) is 12.4. The van der Waals surface area contributed by atoms with Gasteiger partial charge in [-0.15, -0.1) is 11.3 Å². The lowest BCUT2D eigenvalue weighted by molar-refractivity contribution is 0.115. The SMILES string of the molecule is COCCN(C1CC1)C(CN)c1cc(C)sc1C. The van der Waals surface area contributed by atoms with Gasteiger partial charge in [0.2, 0.25) is 0 Å². The molecule has 2 rings (SSSR count). The fourth-order valence-electron chi connectivity index (χ4n) is 2.62. The van der Waals surface area contributed by atoms with Crippen molar-refractivity contribution in [3.8, 4) is 0 Å². The maximum Gasteiger partial charge on any atom is 0.0590 e. The summed E-state index contributed by atoms with van der Waals surface area (Å²) in [4.78, 5) is 5.33. The fourth-order valence-corrected chi connectivity index (χ4v) is 3.60. The number of hydrogen-bond donors (Lipinski definition) is 1. The van der Waals surface area contributed by atoms with E-state index in [2.05, 4.69) is 24.8 Å². The Hall–Kier alpha value is -0.420. The summed E-state index contributed by atoms with van der Waals surface area (Å²) in [7, 11) is 1.77. The molecule has 1 aliphatic rings.